The minimum atomic E-state index is -0.969. The lowest BCUT2D eigenvalue weighted by Crippen LogP contribution is -2.48. The monoisotopic (exact) mass is 482 g/mol. The summed E-state index contributed by atoms with van der Waals surface area (Å²) in [4.78, 5) is 12.0. The first-order chi connectivity index (χ1) is 11.7. The van der Waals surface area contributed by atoms with Gasteiger partial charge in [0.15, 0.2) is 11.5 Å². The van der Waals surface area contributed by atoms with E-state index in [2.05, 4.69) is 35.2 Å². The zero-order valence-corrected chi connectivity index (χ0v) is 17.6. The topological polar surface area (TPSA) is 85.2 Å². The molecular formula is C17H23IO6S. The van der Waals surface area contributed by atoms with E-state index < -0.39 is 24.6 Å². The van der Waals surface area contributed by atoms with Crippen LogP contribution in [0.1, 0.15) is 41.8 Å². The zero-order chi connectivity index (χ0) is 18.9. The summed E-state index contributed by atoms with van der Waals surface area (Å²) < 4.78 is 17.8. The van der Waals surface area contributed by atoms with Gasteiger partial charge in [-0.05, 0) is 48.4 Å². The summed E-state index contributed by atoms with van der Waals surface area (Å²) >= 11 is 6.07. The highest BCUT2D eigenvalue weighted by Gasteiger charge is 2.37. The minimum absolute atomic E-state index is 0.164. The normalized spacial score (nSPS) is 26.4. The smallest absolute Gasteiger partial charge is 0.226 e. The average Bonchev–Trinajstić information content (AvgIpc) is 2.55. The van der Waals surface area contributed by atoms with Crippen molar-refractivity contribution in [2.75, 3.05) is 7.11 Å². The minimum Gasteiger partial charge on any atom is -0.493 e. The van der Waals surface area contributed by atoms with Crippen molar-refractivity contribution < 1.29 is 29.2 Å². The molecule has 140 valence electrons. The Labute approximate surface area is 166 Å². The second-order valence-electron chi connectivity index (χ2n) is 6.01. The summed E-state index contributed by atoms with van der Waals surface area (Å²) in [6.45, 7) is 5.46. The molecular weight excluding hydrogens is 459 g/mol. The quantitative estimate of drug-likeness (QED) is 0.442. The third kappa shape index (κ3) is 4.08. The van der Waals surface area contributed by atoms with E-state index in [1.165, 1.54) is 7.11 Å². The molecule has 0 aliphatic carbocycles. The van der Waals surface area contributed by atoms with Gasteiger partial charge in [0, 0.05) is 17.5 Å². The Balaban J connectivity index is 2.51. The molecule has 1 saturated heterocycles. The molecule has 1 aliphatic rings. The predicted octanol–water partition coefficient (Wildman–Crippen LogP) is 2.48. The van der Waals surface area contributed by atoms with Gasteiger partial charge in [0.05, 0.1) is 22.9 Å². The first-order valence-corrected chi connectivity index (χ1v) is 9.55. The number of thiol groups is 1. The number of ether oxygens (including phenoxy) is 3. The lowest BCUT2D eigenvalue weighted by atomic mass is 9.98. The molecule has 4 atom stereocenters. The molecule has 1 heterocycles. The van der Waals surface area contributed by atoms with Crippen molar-refractivity contribution in [3.8, 4) is 11.5 Å². The Hall–Kier alpha value is -0.550. The fourth-order valence-electron chi connectivity index (χ4n) is 2.97. The zero-order valence-electron chi connectivity index (χ0n) is 14.6. The van der Waals surface area contributed by atoms with Gasteiger partial charge in [0.1, 0.15) is 6.10 Å². The number of halogens is 1. The van der Waals surface area contributed by atoms with Crippen LogP contribution in [0, 0.1) is 10.5 Å². The fraction of sp³-hybridized carbons (Fsp3) is 0.588. The molecule has 1 aromatic carbocycles. The second-order valence-corrected chi connectivity index (χ2v) is 7.50. The molecule has 1 aliphatic heterocycles. The number of hydrogen-bond acceptors (Lipinski definition) is 6. The average molecular weight is 482 g/mol. The fourth-order valence-corrected chi connectivity index (χ4v) is 3.91. The maximum absolute atomic E-state index is 12.0. The predicted molar refractivity (Wildman–Crippen MR) is 105 cm³/mol. The maximum atomic E-state index is 12.0. The van der Waals surface area contributed by atoms with E-state index in [1.807, 2.05) is 13.8 Å². The maximum Gasteiger partial charge on any atom is 0.226 e. The highest BCUT2D eigenvalue weighted by molar-refractivity contribution is 14.1. The number of rotatable bonds is 5. The highest BCUT2D eigenvalue weighted by Crippen LogP contribution is 2.43. The molecule has 0 saturated carbocycles. The summed E-state index contributed by atoms with van der Waals surface area (Å²) in [5.41, 5.74) is 1.95. The van der Waals surface area contributed by atoms with Crippen molar-refractivity contribution >= 4 is 40.3 Å². The number of aliphatic hydroxyl groups is 2. The molecule has 25 heavy (non-hydrogen) atoms. The number of carbonyl (C=O) groups is 1. The van der Waals surface area contributed by atoms with Gasteiger partial charge in [-0.15, -0.1) is 12.6 Å². The van der Waals surface area contributed by atoms with Crippen molar-refractivity contribution in [2.45, 2.75) is 58.2 Å². The van der Waals surface area contributed by atoms with Crippen molar-refractivity contribution in [3.05, 3.63) is 20.3 Å². The molecule has 0 radical (unpaired) electrons. The van der Waals surface area contributed by atoms with Gasteiger partial charge in [-0.25, -0.2) is 0 Å². The van der Waals surface area contributed by atoms with Crippen LogP contribution in [0.4, 0.5) is 0 Å². The van der Waals surface area contributed by atoms with E-state index in [0.29, 0.717) is 32.6 Å². The van der Waals surface area contributed by atoms with Gasteiger partial charge >= 0.3 is 0 Å². The van der Waals surface area contributed by atoms with E-state index in [-0.39, 0.29) is 11.5 Å². The summed E-state index contributed by atoms with van der Waals surface area (Å²) in [6, 6.07) is 0. The van der Waals surface area contributed by atoms with E-state index in [1.54, 1.807) is 6.92 Å². The summed E-state index contributed by atoms with van der Waals surface area (Å²) in [7, 11) is 1.50. The molecule has 8 heteroatoms. The van der Waals surface area contributed by atoms with Gasteiger partial charge in [-0.2, -0.15) is 0 Å². The Morgan fingerprint density at radius 3 is 2.52 bits per heavy atom. The van der Waals surface area contributed by atoms with Crippen LogP contribution in [0.25, 0.3) is 0 Å². The molecule has 0 bridgehead atoms. The van der Waals surface area contributed by atoms with Crippen molar-refractivity contribution in [3.63, 3.8) is 0 Å². The van der Waals surface area contributed by atoms with Crippen LogP contribution in [0.3, 0.4) is 0 Å². The summed E-state index contributed by atoms with van der Waals surface area (Å²) in [6.07, 6.45) is -2.37. The number of carbonyl (C=O) groups excluding carboxylic acids is 1. The lowest BCUT2D eigenvalue weighted by Gasteiger charge is -2.36. The molecule has 0 amide bonds. The molecule has 6 nitrogen and oxygen atoms in total. The molecule has 2 unspecified atom stereocenters. The largest absolute Gasteiger partial charge is 0.493 e. The Morgan fingerprint density at radius 2 is 2.00 bits per heavy atom. The van der Waals surface area contributed by atoms with Gasteiger partial charge in [-0.3, -0.25) is 4.79 Å². The van der Waals surface area contributed by atoms with Crippen LogP contribution in [-0.2, 0) is 11.2 Å². The van der Waals surface area contributed by atoms with Crippen molar-refractivity contribution in [1.82, 2.24) is 0 Å². The van der Waals surface area contributed by atoms with Crippen LogP contribution in [-0.4, -0.2) is 47.0 Å². The SMILES string of the molecule is CCc1c(OC)c(OC2OC(C)[C@H](O)C[C@H]2O)c(I)c(C)c1C(=O)S. The Morgan fingerprint density at radius 1 is 1.36 bits per heavy atom. The van der Waals surface area contributed by atoms with Crippen LogP contribution >= 0.6 is 35.2 Å². The number of methoxy groups -OCH3 is 1. The number of hydrogen-bond donors (Lipinski definition) is 3. The van der Waals surface area contributed by atoms with Crippen molar-refractivity contribution in [2.24, 2.45) is 0 Å². The van der Waals surface area contributed by atoms with E-state index >= 15 is 0 Å². The van der Waals surface area contributed by atoms with Crippen LogP contribution in [0.2, 0.25) is 0 Å². The molecule has 0 aromatic heterocycles. The van der Waals surface area contributed by atoms with E-state index in [0.717, 1.165) is 5.56 Å². The standard InChI is InChI=1S/C17H23IO6S/c1-5-9-12(16(21)25)7(2)13(18)15(14(9)22-4)24-17-11(20)6-10(19)8(3)23-17/h8,10-11,17,19-20H,5-6H2,1-4H3,(H,21,25)/t8?,10-,11-,17?/m1/s1. The van der Waals surface area contributed by atoms with Gasteiger partial charge < -0.3 is 24.4 Å². The molecule has 1 fully saturated rings. The van der Waals surface area contributed by atoms with Crippen LogP contribution in [0.5, 0.6) is 11.5 Å². The molecule has 1 aromatic rings. The number of aliphatic hydroxyl groups excluding tert-OH is 2. The van der Waals surface area contributed by atoms with Crippen LogP contribution < -0.4 is 9.47 Å². The summed E-state index contributed by atoms with van der Waals surface area (Å²) in [5, 5.41) is 19.7. The molecule has 0 spiro atoms. The molecule has 2 rings (SSSR count). The van der Waals surface area contributed by atoms with Gasteiger partial charge in [0.25, 0.3) is 0 Å². The second kappa shape index (κ2) is 8.43. The third-order valence-electron chi connectivity index (χ3n) is 4.38. The highest BCUT2D eigenvalue weighted by atomic mass is 127. The lowest BCUT2D eigenvalue weighted by molar-refractivity contribution is -0.229. The van der Waals surface area contributed by atoms with Crippen LogP contribution in [0.15, 0.2) is 0 Å². The first kappa shape index (κ1) is 20.8. The van der Waals surface area contributed by atoms with Crippen molar-refractivity contribution in [1.29, 1.82) is 0 Å². The van der Waals surface area contributed by atoms with Gasteiger partial charge in [-0.1, -0.05) is 6.92 Å². The Bertz CT molecular complexity index is 665. The number of benzene rings is 1. The Kier molecular flexibility index (Phi) is 7.00. The first-order valence-electron chi connectivity index (χ1n) is 8.03. The third-order valence-corrected chi connectivity index (χ3v) is 5.90. The molecule has 2 N–H and O–H groups in total. The summed E-state index contributed by atoms with van der Waals surface area (Å²) in [5.74, 6) is 0.855. The van der Waals surface area contributed by atoms with E-state index in [9.17, 15) is 15.0 Å². The van der Waals surface area contributed by atoms with E-state index in [4.69, 9.17) is 14.2 Å². The van der Waals surface area contributed by atoms with Gasteiger partial charge in [0.2, 0.25) is 11.4 Å².